The summed E-state index contributed by atoms with van der Waals surface area (Å²) in [5.74, 6) is 0.535. The highest BCUT2D eigenvalue weighted by Gasteiger charge is 2.57. The summed E-state index contributed by atoms with van der Waals surface area (Å²) in [7, 11) is -3.74. The number of ether oxygens (including phenoxy) is 1. The van der Waals surface area contributed by atoms with Crippen LogP contribution in [-0.4, -0.2) is 69.2 Å². The van der Waals surface area contributed by atoms with Gasteiger partial charge in [-0.05, 0) is 26.2 Å². The van der Waals surface area contributed by atoms with Gasteiger partial charge in [-0.1, -0.05) is 6.08 Å². The van der Waals surface area contributed by atoms with Crippen LogP contribution in [0, 0.1) is 11.3 Å². The second-order valence-corrected chi connectivity index (χ2v) is 10.5. The smallest absolute Gasteiger partial charge is 0.381 e. The number of sulfonamides is 1. The fraction of sp³-hybridized carbons (Fsp3) is 0.778. The Balaban J connectivity index is 1.35. The van der Waals surface area contributed by atoms with Crippen molar-refractivity contribution in [1.29, 1.82) is 0 Å². The summed E-state index contributed by atoms with van der Waals surface area (Å²) in [4.78, 5) is 2.41. The van der Waals surface area contributed by atoms with E-state index in [1.807, 2.05) is 0 Å². The number of likely N-dealkylation sites (tertiary alicyclic amines) is 1. The predicted molar refractivity (Wildman–Crippen MR) is 97.5 cm³/mol. The van der Waals surface area contributed by atoms with Crippen LogP contribution in [0.4, 0.5) is 13.2 Å². The molecule has 4 heterocycles. The number of dihydropyridines is 1. The maximum atomic E-state index is 12.9. The molecule has 10 heteroatoms. The van der Waals surface area contributed by atoms with E-state index < -0.39 is 21.9 Å². The van der Waals surface area contributed by atoms with Crippen LogP contribution in [0.2, 0.25) is 0 Å². The van der Waals surface area contributed by atoms with Gasteiger partial charge in [0.25, 0.3) is 0 Å². The van der Waals surface area contributed by atoms with Crippen LogP contribution < -0.4 is 5.32 Å². The maximum absolute atomic E-state index is 12.9. The second kappa shape index (κ2) is 6.72. The van der Waals surface area contributed by atoms with E-state index in [1.54, 1.807) is 0 Å². The van der Waals surface area contributed by atoms with Gasteiger partial charge >= 0.3 is 6.18 Å². The van der Waals surface area contributed by atoms with Gasteiger partial charge < -0.3 is 10.1 Å². The van der Waals surface area contributed by atoms with Crippen molar-refractivity contribution >= 4 is 10.0 Å². The highest BCUT2D eigenvalue weighted by molar-refractivity contribution is 7.93. The van der Waals surface area contributed by atoms with E-state index in [0.717, 1.165) is 38.8 Å². The van der Waals surface area contributed by atoms with Crippen LogP contribution in [0.5, 0.6) is 0 Å². The largest absolute Gasteiger partial charge is 0.430 e. The van der Waals surface area contributed by atoms with Crippen molar-refractivity contribution in [3.05, 3.63) is 22.4 Å². The third-order valence-electron chi connectivity index (χ3n) is 6.51. The number of rotatable bonds is 4. The molecule has 6 nitrogen and oxygen atoms in total. The van der Waals surface area contributed by atoms with Crippen molar-refractivity contribution < 1.29 is 26.3 Å². The molecular formula is C18H26F3N3O3S. The number of alkyl halides is 3. The molecule has 1 N–H and O–H groups in total. The first-order valence-corrected chi connectivity index (χ1v) is 11.0. The number of nitrogens with one attached hydrogen (secondary N) is 1. The highest BCUT2D eigenvalue weighted by atomic mass is 32.2. The van der Waals surface area contributed by atoms with Crippen molar-refractivity contribution in [2.75, 3.05) is 39.4 Å². The lowest BCUT2D eigenvalue weighted by Gasteiger charge is -2.61. The van der Waals surface area contributed by atoms with Gasteiger partial charge in [0.2, 0.25) is 10.0 Å². The minimum Gasteiger partial charge on any atom is -0.381 e. The lowest BCUT2D eigenvalue weighted by Crippen LogP contribution is -2.74. The van der Waals surface area contributed by atoms with Gasteiger partial charge in [0.15, 0.2) is 0 Å². The first-order valence-electron chi connectivity index (χ1n) is 9.58. The molecule has 0 amide bonds. The van der Waals surface area contributed by atoms with Gasteiger partial charge in [-0.15, -0.1) is 0 Å². The van der Waals surface area contributed by atoms with E-state index in [-0.39, 0.29) is 22.4 Å². The number of halogens is 3. The van der Waals surface area contributed by atoms with Crippen molar-refractivity contribution in [1.82, 2.24) is 14.5 Å². The monoisotopic (exact) mass is 421 g/mol. The molecule has 3 saturated heterocycles. The topological polar surface area (TPSA) is 61.9 Å². The number of hydrogen-bond donors (Lipinski definition) is 1. The lowest BCUT2D eigenvalue weighted by molar-refractivity contribution is -0.106. The zero-order valence-corrected chi connectivity index (χ0v) is 16.9. The van der Waals surface area contributed by atoms with E-state index in [9.17, 15) is 21.6 Å². The van der Waals surface area contributed by atoms with E-state index in [0.29, 0.717) is 25.0 Å². The summed E-state index contributed by atoms with van der Waals surface area (Å²) in [6.45, 7) is 7.80. The van der Waals surface area contributed by atoms with Crippen LogP contribution in [0.25, 0.3) is 0 Å². The van der Waals surface area contributed by atoms with E-state index >= 15 is 0 Å². The van der Waals surface area contributed by atoms with Gasteiger partial charge in [-0.25, -0.2) is 8.42 Å². The molecule has 2 unspecified atom stereocenters. The van der Waals surface area contributed by atoms with E-state index in [4.69, 9.17) is 4.74 Å². The molecule has 0 bridgehead atoms. The van der Waals surface area contributed by atoms with E-state index in [1.165, 1.54) is 11.2 Å². The molecule has 0 saturated carbocycles. The van der Waals surface area contributed by atoms with Crippen LogP contribution in [0.1, 0.15) is 26.7 Å². The molecule has 0 radical (unpaired) electrons. The third-order valence-corrected chi connectivity index (χ3v) is 8.55. The Morgan fingerprint density at radius 3 is 2.50 bits per heavy atom. The van der Waals surface area contributed by atoms with Crippen LogP contribution in [-0.2, 0) is 14.8 Å². The van der Waals surface area contributed by atoms with Gasteiger partial charge in [0.1, 0.15) is 5.70 Å². The number of nitrogens with zero attached hydrogens (tertiary/aromatic N) is 2. The molecule has 0 aromatic heterocycles. The highest BCUT2D eigenvalue weighted by Crippen LogP contribution is 2.45. The average molecular weight is 421 g/mol. The first-order chi connectivity index (χ1) is 13.0. The summed E-state index contributed by atoms with van der Waals surface area (Å²) in [6.07, 6.45) is -2.76. The Morgan fingerprint density at radius 2 is 1.96 bits per heavy atom. The van der Waals surface area contributed by atoms with Gasteiger partial charge in [-0.2, -0.15) is 17.5 Å². The molecule has 28 heavy (non-hydrogen) atoms. The minimum absolute atomic E-state index is 0.00960. The van der Waals surface area contributed by atoms with Crippen molar-refractivity contribution in [3.8, 4) is 0 Å². The number of hydrogen-bond acceptors (Lipinski definition) is 5. The molecule has 3 fully saturated rings. The second-order valence-electron chi connectivity index (χ2n) is 8.54. The third kappa shape index (κ3) is 3.38. The van der Waals surface area contributed by atoms with Gasteiger partial charge in [-0.3, -0.25) is 4.90 Å². The van der Waals surface area contributed by atoms with Crippen LogP contribution in [0.3, 0.4) is 0 Å². The number of allylic oxidation sites excluding steroid dienone is 4. The molecule has 1 spiro atoms. The van der Waals surface area contributed by atoms with Gasteiger partial charge in [0, 0.05) is 56.4 Å². The van der Waals surface area contributed by atoms with Crippen molar-refractivity contribution in [2.24, 2.45) is 11.3 Å². The molecule has 158 valence electrons. The molecular weight excluding hydrogens is 395 g/mol. The van der Waals surface area contributed by atoms with Crippen LogP contribution in [0.15, 0.2) is 22.4 Å². The summed E-state index contributed by atoms with van der Waals surface area (Å²) < 4.78 is 71.1. The van der Waals surface area contributed by atoms with Crippen molar-refractivity contribution in [3.63, 3.8) is 0 Å². The van der Waals surface area contributed by atoms with Crippen LogP contribution >= 0.6 is 0 Å². The SMILES string of the molecule is CC1=C(S(=O)(=O)N2CC3(CN(C(C)C4CCOC4)C3)C2)CC=C(C(F)(F)F)N1. The molecule has 0 aromatic rings. The Morgan fingerprint density at radius 1 is 1.29 bits per heavy atom. The summed E-state index contributed by atoms with van der Waals surface area (Å²) >= 11 is 0. The Kier molecular flexibility index (Phi) is 4.84. The lowest BCUT2D eigenvalue weighted by atomic mass is 9.73. The normalized spacial score (nSPS) is 29.9. The molecule has 4 aliphatic heterocycles. The minimum atomic E-state index is -4.51. The Labute approximate surface area is 163 Å². The Bertz CT molecular complexity index is 802. The Hall–Kier alpha value is -1.10. The zero-order valence-electron chi connectivity index (χ0n) is 16.1. The predicted octanol–water partition coefficient (Wildman–Crippen LogP) is 2.03. The summed E-state index contributed by atoms with van der Waals surface area (Å²) in [6, 6.07) is 0.428. The molecule has 0 aromatic carbocycles. The van der Waals surface area contributed by atoms with Gasteiger partial charge in [0.05, 0.1) is 11.5 Å². The molecule has 2 atom stereocenters. The molecule has 4 aliphatic rings. The molecule has 0 aliphatic carbocycles. The fourth-order valence-corrected chi connectivity index (χ4v) is 6.65. The standard InChI is InChI=1S/C18H26F3N3O3S/c1-12-15(3-4-16(22-12)18(19,20)21)28(25,26)24-10-17(11-24)8-23(9-17)13(2)14-5-6-27-7-14/h4,13-14,22H,3,5-11H2,1-2H3. The molecule has 4 rings (SSSR count). The van der Waals surface area contributed by atoms with Crippen molar-refractivity contribution in [2.45, 2.75) is 38.9 Å². The quantitative estimate of drug-likeness (QED) is 0.753. The summed E-state index contributed by atoms with van der Waals surface area (Å²) in [5, 5.41) is 2.21. The zero-order chi connectivity index (χ0) is 20.3. The maximum Gasteiger partial charge on any atom is 0.430 e. The first kappa shape index (κ1) is 20.2. The fourth-order valence-electron chi connectivity index (χ4n) is 4.72. The summed E-state index contributed by atoms with van der Waals surface area (Å²) in [5.41, 5.74) is -0.853. The average Bonchev–Trinajstić information content (AvgIpc) is 3.04. The van der Waals surface area contributed by atoms with E-state index in [2.05, 4.69) is 17.1 Å².